The van der Waals surface area contributed by atoms with Crippen LogP contribution < -0.4 is 0 Å². The van der Waals surface area contributed by atoms with Gasteiger partial charge in [-0.3, -0.25) is 0 Å². The maximum absolute atomic E-state index is 9.06. The van der Waals surface area contributed by atoms with Crippen LogP contribution in [0.5, 0.6) is 0 Å². The van der Waals surface area contributed by atoms with E-state index in [9.17, 15) is 0 Å². The van der Waals surface area contributed by atoms with E-state index >= 15 is 0 Å². The van der Waals surface area contributed by atoms with Gasteiger partial charge in [0.1, 0.15) is 0 Å². The SMILES string of the molecule is Cc1[c-]cc(C)[nH]1.O=[C]=[Ru]=[C]=O. The van der Waals surface area contributed by atoms with E-state index in [0.717, 1.165) is 5.69 Å². The van der Waals surface area contributed by atoms with Crippen LogP contribution in [-0.4, -0.2) is 13.9 Å². The van der Waals surface area contributed by atoms with Crippen molar-refractivity contribution in [3.05, 3.63) is 23.5 Å². The van der Waals surface area contributed by atoms with Gasteiger partial charge in [-0.15, -0.1) is 5.69 Å². The second-order valence-electron chi connectivity index (χ2n) is 1.95. The molecular weight excluding hydrogens is 243 g/mol. The topological polar surface area (TPSA) is 49.9 Å². The first-order chi connectivity index (χ1) is 5.70. The minimum absolute atomic E-state index is 0.842. The molecule has 12 heavy (non-hydrogen) atoms. The summed E-state index contributed by atoms with van der Waals surface area (Å²) in [7, 11) is 0. The molecule has 3 nitrogen and oxygen atoms in total. The average Bonchev–Trinajstić information content (AvgIpc) is 2.38. The molecule has 0 unspecified atom stereocenters. The zero-order valence-electron chi connectivity index (χ0n) is 6.75. The van der Waals surface area contributed by atoms with Crippen molar-refractivity contribution in [2.75, 3.05) is 0 Å². The van der Waals surface area contributed by atoms with E-state index in [1.54, 1.807) is 0 Å². The van der Waals surface area contributed by atoms with Crippen molar-refractivity contribution >= 4 is 8.95 Å². The van der Waals surface area contributed by atoms with E-state index in [2.05, 4.69) is 11.1 Å². The molecule has 66 valence electrons. The van der Waals surface area contributed by atoms with Crippen LogP contribution in [0.1, 0.15) is 11.4 Å². The second-order valence-corrected chi connectivity index (χ2v) is 3.10. The summed E-state index contributed by atoms with van der Waals surface area (Å²) in [6, 6.07) is 4.95. The molecule has 4 heteroatoms. The molecule has 0 radical (unpaired) electrons. The summed E-state index contributed by atoms with van der Waals surface area (Å²) in [6.45, 7) is 4.01. The molecule has 0 saturated heterocycles. The Labute approximate surface area is 77.4 Å². The maximum atomic E-state index is 9.06. The molecular formula is C8H8NO2Ru-. The van der Waals surface area contributed by atoms with Crippen LogP contribution in [0.2, 0.25) is 0 Å². The Balaban J connectivity index is 0.000000217. The van der Waals surface area contributed by atoms with Crippen LogP contribution >= 0.6 is 0 Å². The number of aromatic amines is 1. The van der Waals surface area contributed by atoms with E-state index in [1.807, 2.05) is 19.9 Å². The molecule has 0 aliphatic carbocycles. The Morgan fingerprint density at radius 2 is 2.00 bits per heavy atom. The predicted molar refractivity (Wildman–Crippen MR) is 40.5 cm³/mol. The Morgan fingerprint density at radius 3 is 2.08 bits per heavy atom. The monoisotopic (exact) mass is 252 g/mol. The van der Waals surface area contributed by atoms with Gasteiger partial charge in [-0.2, -0.15) is 0 Å². The standard InChI is InChI=1S/C6H8N.2CO.Ru/c1-5-3-4-6(2)7-5;2*1-2;/h3,7H,1-2H3;;;/q-1;;;. The van der Waals surface area contributed by atoms with Crippen molar-refractivity contribution in [1.29, 1.82) is 0 Å². The van der Waals surface area contributed by atoms with Crippen LogP contribution in [0.3, 0.4) is 0 Å². The third-order valence-corrected chi connectivity index (χ3v) is 1.32. The Kier molecular flexibility index (Phi) is 6.23. The van der Waals surface area contributed by atoms with Crippen molar-refractivity contribution in [3.63, 3.8) is 0 Å². The Morgan fingerprint density at radius 1 is 1.42 bits per heavy atom. The molecule has 1 aromatic heterocycles. The number of carbonyl (C=O) groups excluding carboxylic acids is 2. The summed E-state index contributed by atoms with van der Waals surface area (Å²) >= 11 is -0.842. The van der Waals surface area contributed by atoms with Gasteiger partial charge < -0.3 is 4.98 Å². The summed E-state index contributed by atoms with van der Waals surface area (Å²) in [5.74, 6) is 0. The van der Waals surface area contributed by atoms with E-state index in [-0.39, 0.29) is 0 Å². The summed E-state index contributed by atoms with van der Waals surface area (Å²) in [4.78, 5) is 21.2. The van der Waals surface area contributed by atoms with Crippen molar-refractivity contribution in [2.24, 2.45) is 0 Å². The first-order valence-electron chi connectivity index (χ1n) is 3.09. The van der Waals surface area contributed by atoms with Gasteiger partial charge in [-0.25, -0.2) is 12.1 Å². The number of aromatic nitrogens is 1. The number of rotatable bonds is 0. The minimum atomic E-state index is -0.842. The van der Waals surface area contributed by atoms with Gasteiger partial charge >= 0.3 is 34.8 Å². The number of hydrogen-bond acceptors (Lipinski definition) is 2. The molecule has 0 aromatic carbocycles. The molecule has 0 amide bonds. The predicted octanol–water partition coefficient (Wildman–Crippen LogP) is 0.635. The number of hydrogen-bond donors (Lipinski definition) is 1. The molecule has 0 bridgehead atoms. The van der Waals surface area contributed by atoms with E-state index in [4.69, 9.17) is 9.59 Å². The van der Waals surface area contributed by atoms with Crippen LogP contribution in [-0.2, 0) is 25.8 Å². The first-order valence-corrected chi connectivity index (χ1v) is 4.83. The van der Waals surface area contributed by atoms with Crippen LogP contribution in [0.4, 0.5) is 0 Å². The molecule has 0 fully saturated rings. The Bertz CT molecular complexity index is 311. The Hall–Kier alpha value is -0.937. The van der Waals surface area contributed by atoms with Crippen molar-refractivity contribution in [1.82, 2.24) is 4.98 Å². The zero-order chi connectivity index (χ0) is 9.40. The second kappa shape index (κ2) is 6.75. The summed E-state index contributed by atoms with van der Waals surface area (Å²) in [5, 5.41) is 0. The molecule has 1 rings (SSSR count). The molecule has 1 heterocycles. The van der Waals surface area contributed by atoms with E-state index in [1.165, 1.54) is 14.6 Å². The van der Waals surface area contributed by atoms with Crippen LogP contribution in [0, 0.1) is 19.9 Å². The zero-order valence-corrected chi connectivity index (χ0v) is 8.49. The number of nitrogens with one attached hydrogen (secondary N) is 1. The van der Waals surface area contributed by atoms with Gasteiger partial charge in [0, 0.05) is 0 Å². The first kappa shape index (κ1) is 11.1. The molecule has 1 aromatic rings. The van der Waals surface area contributed by atoms with Gasteiger partial charge in [0.05, 0.1) is 0 Å². The van der Waals surface area contributed by atoms with Gasteiger partial charge in [-0.05, 0) is 6.92 Å². The van der Waals surface area contributed by atoms with Gasteiger partial charge in [0.2, 0.25) is 0 Å². The third kappa shape index (κ3) is 5.82. The molecule has 0 atom stereocenters. The average molecular weight is 251 g/mol. The summed E-state index contributed by atoms with van der Waals surface area (Å²) < 4.78 is 2.87. The fourth-order valence-electron chi connectivity index (χ4n) is 0.599. The van der Waals surface area contributed by atoms with Crippen molar-refractivity contribution < 1.29 is 25.8 Å². The molecule has 0 aliphatic rings. The molecule has 0 saturated carbocycles. The van der Waals surface area contributed by atoms with Gasteiger partial charge in [-0.1, -0.05) is 12.6 Å². The van der Waals surface area contributed by atoms with E-state index < -0.39 is 16.2 Å². The quantitative estimate of drug-likeness (QED) is 0.543. The summed E-state index contributed by atoms with van der Waals surface area (Å²) in [6.07, 6.45) is 0. The fourth-order valence-corrected chi connectivity index (χ4v) is 0.672. The number of H-pyrrole nitrogens is 1. The molecule has 0 aliphatic heterocycles. The molecule has 0 spiro atoms. The molecule has 1 N–H and O–H groups in total. The van der Waals surface area contributed by atoms with Crippen LogP contribution in [0.15, 0.2) is 6.07 Å². The van der Waals surface area contributed by atoms with Crippen molar-refractivity contribution in [2.45, 2.75) is 13.8 Å². The third-order valence-electron chi connectivity index (χ3n) is 0.962. The van der Waals surface area contributed by atoms with Crippen LogP contribution in [0.25, 0.3) is 0 Å². The van der Waals surface area contributed by atoms with Gasteiger partial charge in [0.15, 0.2) is 0 Å². The number of aryl methyl sites for hydroxylation is 2. The van der Waals surface area contributed by atoms with Crippen molar-refractivity contribution in [3.8, 4) is 0 Å². The van der Waals surface area contributed by atoms with Gasteiger partial charge in [0.25, 0.3) is 0 Å². The van der Waals surface area contributed by atoms with E-state index in [0.29, 0.717) is 0 Å². The normalized spacial score (nSPS) is 7.50. The fraction of sp³-hybridized carbons (Fsp3) is 0.250. The summed E-state index contributed by atoms with van der Waals surface area (Å²) in [5.41, 5.74) is 2.29.